The van der Waals surface area contributed by atoms with Gasteiger partial charge >= 0.3 is 0 Å². The van der Waals surface area contributed by atoms with E-state index >= 15 is 9.13 Å². The largest absolute Gasteiger partial charge is 0.309 e. The van der Waals surface area contributed by atoms with Crippen LogP contribution in [0.2, 0.25) is 0 Å². The van der Waals surface area contributed by atoms with Crippen LogP contribution in [-0.2, 0) is 9.13 Å². The normalized spacial score (nSPS) is 11.4. The van der Waals surface area contributed by atoms with Crippen LogP contribution in [0.1, 0.15) is 20.7 Å². The van der Waals surface area contributed by atoms with E-state index in [1.54, 1.807) is 0 Å². The molecule has 10 aromatic carbocycles. The SMILES string of the molecule is O=Cc1ccccc1-c1c(P(=O)(c2ccccc2)c2ccccc2)ccc2ccccc12.O=Cc1ccccc1-c1c(P(=O)(c2ccccc2)c2ccccc2)ccc2ccccc12. The zero-order chi connectivity index (χ0) is 43.9. The molecule has 64 heavy (non-hydrogen) atoms. The summed E-state index contributed by atoms with van der Waals surface area (Å²) in [5.41, 5.74) is 4.45. The van der Waals surface area contributed by atoms with Crippen molar-refractivity contribution in [1.82, 2.24) is 0 Å². The van der Waals surface area contributed by atoms with Gasteiger partial charge in [-0.2, -0.15) is 0 Å². The molecule has 0 bridgehead atoms. The molecule has 0 saturated carbocycles. The zero-order valence-electron chi connectivity index (χ0n) is 34.8. The van der Waals surface area contributed by atoms with Gasteiger partial charge in [-0.3, -0.25) is 9.59 Å². The molecule has 4 nitrogen and oxygen atoms in total. The lowest BCUT2D eigenvalue weighted by Gasteiger charge is -2.24. The highest BCUT2D eigenvalue weighted by atomic mass is 31.2. The third-order valence-electron chi connectivity index (χ3n) is 11.7. The Labute approximate surface area is 373 Å². The summed E-state index contributed by atoms with van der Waals surface area (Å²) in [6.07, 6.45) is 1.74. The summed E-state index contributed by atoms with van der Waals surface area (Å²) in [6, 6.07) is 77.7. The van der Waals surface area contributed by atoms with Crippen molar-refractivity contribution in [2.45, 2.75) is 0 Å². The van der Waals surface area contributed by atoms with Gasteiger partial charge in [-0.25, -0.2) is 0 Å². The van der Waals surface area contributed by atoms with Crippen molar-refractivity contribution in [2.75, 3.05) is 0 Å². The van der Waals surface area contributed by atoms with Crippen LogP contribution in [0.15, 0.2) is 243 Å². The topological polar surface area (TPSA) is 68.3 Å². The molecule has 10 rings (SSSR count). The first-order valence-corrected chi connectivity index (χ1v) is 24.4. The molecule has 0 radical (unpaired) electrons. The molecule has 0 aliphatic heterocycles. The van der Waals surface area contributed by atoms with Crippen LogP contribution in [0.25, 0.3) is 43.8 Å². The fourth-order valence-corrected chi connectivity index (χ4v) is 14.4. The van der Waals surface area contributed by atoms with E-state index < -0.39 is 14.3 Å². The van der Waals surface area contributed by atoms with Gasteiger partial charge in [0.05, 0.1) is 0 Å². The van der Waals surface area contributed by atoms with Crippen molar-refractivity contribution in [3.63, 3.8) is 0 Å². The van der Waals surface area contributed by atoms with E-state index in [2.05, 4.69) is 0 Å². The molecule has 0 aliphatic carbocycles. The summed E-state index contributed by atoms with van der Waals surface area (Å²) in [5, 5.41) is 8.60. The van der Waals surface area contributed by atoms with Gasteiger partial charge in [-0.1, -0.05) is 231 Å². The highest BCUT2D eigenvalue weighted by molar-refractivity contribution is 7.86. The van der Waals surface area contributed by atoms with Crippen molar-refractivity contribution in [3.05, 3.63) is 254 Å². The molecular weight excluding hydrogens is 823 g/mol. The second-order valence-corrected chi connectivity index (χ2v) is 20.8. The lowest BCUT2D eigenvalue weighted by molar-refractivity contribution is 0.111. The van der Waals surface area contributed by atoms with Gasteiger partial charge in [0.1, 0.15) is 0 Å². The van der Waals surface area contributed by atoms with E-state index in [0.717, 1.165) is 88.2 Å². The second kappa shape index (κ2) is 18.5. The van der Waals surface area contributed by atoms with Gasteiger partial charge in [-0.05, 0) is 44.8 Å². The third-order valence-corrected chi connectivity index (χ3v) is 17.9. The number of fused-ring (bicyclic) bond motifs is 2. The number of carbonyl (C=O) groups is 2. The minimum Gasteiger partial charge on any atom is -0.309 e. The van der Waals surface area contributed by atoms with Gasteiger partial charge < -0.3 is 9.13 Å². The first-order chi connectivity index (χ1) is 31.5. The van der Waals surface area contributed by atoms with Crippen molar-refractivity contribution >= 4 is 80.2 Å². The molecule has 0 heterocycles. The Morgan fingerprint density at radius 3 is 0.891 bits per heavy atom. The number of hydrogen-bond donors (Lipinski definition) is 0. The summed E-state index contributed by atoms with van der Waals surface area (Å²) in [4.78, 5) is 23.9. The van der Waals surface area contributed by atoms with Gasteiger partial charge in [0.15, 0.2) is 26.9 Å². The number of rotatable bonds is 10. The average molecular weight is 865 g/mol. The Bertz CT molecular complexity index is 3050. The molecule has 0 fully saturated rings. The molecule has 0 aliphatic rings. The fraction of sp³-hybridized carbons (Fsp3) is 0. The molecule has 308 valence electrons. The first kappa shape index (κ1) is 41.9. The third kappa shape index (κ3) is 7.69. The van der Waals surface area contributed by atoms with Crippen LogP contribution in [0.4, 0.5) is 0 Å². The second-order valence-electron chi connectivity index (χ2n) is 15.3. The molecule has 6 heteroatoms. The zero-order valence-corrected chi connectivity index (χ0v) is 36.6. The average Bonchev–Trinajstić information content (AvgIpc) is 3.38. The summed E-state index contributed by atoms with van der Waals surface area (Å²) in [5.74, 6) is 0. The summed E-state index contributed by atoms with van der Waals surface area (Å²) in [6.45, 7) is 0. The van der Waals surface area contributed by atoms with Crippen molar-refractivity contribution in [3.8, 4) is 22.3 Å². The highest BCUT2D eigenvalue weighted by Gasteiger charge is 2.35. The fourth-order valence-electron chi connectivity index (χ4n) is 8.67. The Balaban J connectivity index is 0.000000162. The van der Waals surface area contributed by atoms with E-state index in [-0.39, 0.29) is 0 Å². The summed E-state index contributed by atoms with van der Waals surface area (Å²) in [7, 11) is -6.46. The molecule has 0 N–H and O–H groups in total. The number of hydrogen-bond acceptors (Lipinski definition) is 4. The standard InChI is InChI=1S/2C29H21O2P/c2*30-21-23-12-8-10-18-27(23)29-26-17-9-7-11-22(26)19-20-28(29)32(31,24-13-3-1-4-14-24)25-15-5-2-6-16-25/h2*1-21H. The van der Waals surface area contributed by atoms with Crippen LogP contribution < -0.4 is 31.8 Å². The minimum atomic E-state index is -3.23. The van der Waals surface area contributed by atoms with Gasteiger partial charge in [0.2, 0.25) is 0 Å². The molecular formula is C58H42O4P2. The molecule has 0 atom stereocenters. The van der Waals surface area contributed by atoms with Crippen molar-refractivity contribution in [1.29, 1.82) is 0 Å². The molecule has 0 saturated heterocycles. The maximum atomic E-state index is 15.2. The number of carbonyl (C=O) groups excluding carboxylic acids is 2. The monoisotopic (exact) mass is 864 g/mol. The Kier molecular flexibility index (Phi) is 12.1. The predicted octanol–water partition coefficient (Wildman–Crippen LogP) is 11.9. The molecule has 0 unspecified atom stereocenters. The Hall–Kier alpha value is -7.48. The maximum absolute atomic E-state index is 15.2. The van der Waals surface area contributed by atoms with E-state index in [1.807, 2.05) is 243 Å². The van der Waals surface area contributed by atoms with Crippen LogP contribution in [0.3, 0.4) is 0 Å². The quantitative estimate of drug-likeness (QED) is 0.101. The van der Waals surface area contributed by atoms with E-state index in [1.165, 1.54) is 0 Å². The predicted molar refractivity (Wildman–Crippen MR) is 268 cm³/mol. The van der Waals surface area contributed by atoms with Gasteiger partial charge in [0.25, 0.3) is 0 Å². The first-order valence-electron chi connectivity index (χ1n) is 21.0. The molecule has 0 amide bonds. The Morgan fingerprint density at radius 2 is 0.562 bits per heavy atom. The lowest BCUT2D eigenvalue weighted by Crippen LogP contribution is -2.26. The molecule has 0 spiro atoms. The van der Waals surface area contributed by atoms with Crippen molar-refractivity contribution < 1.29 is 18.7 Å². The minimum absolute atomic E-state index is 0.581. The Morgan fingerprint density at radius 1 is 0.281 bits per heavy atom. The number of aldehydes is 2. The molecule has 0 aromatic heterocycles. The van der Waals surface area contributed by atoms with Gasteiger partial charge in [0, 0.05) is 54.1 Å². The highest BCUT2D eigenvalue weighted by Crippen LogP contribution is 2.49. The smallest absolute Gasteiger partial charge is 0.171 e. The van der Waals surface area contributed by atoms with Gasteiger partial charge in [-0.15, -0.1) is 0 Å². The van der Waals surface area contributed by atoms with Crippen LogP contribution in [-0.4, -0.2) is 12.6 Å². The lowest BCUT2D eigenvalue weighted by atomic mass is 9.95. The van der Waals surface area contributed by atoms with Crippen LogP contribution in [0, 0.1) is 0 Å². The molecule has 10 aromatic rings. The van der Waals surface area contributed by atoms with E-state index in [4.69, 9.17) is 0 Å². The van der Waals surface area contributed by atoms with E-state index in [0.29, 0.717) is 11.1 Å². The summed E-state index contributed by atoms with van der Waals surface area (Å²) >= 11 is 0. The van der Waals surface area contributed by atoms with E-state index in [9.17, 15) is 9.59 Å². The van der Waals surface area contributed by atoms with Crippen molar-refractivity contribution in [2.24, 2.45) is 0 Å². The van der Waals surface area contributed by atoms with Crippen LogP contribution >= 0.6 is 14.3 Å². The summed E-state index contributed by atoms with van der Waals surface area (Å²) < 4.78 is 30.3. The maximum Gasteiger partial charge on any atom is 0.171 e. The van der Waals surface area contributed by atoms with Crippen LogP contribution in [0.5, 0.6) is 0 Å². The number of benzene rings is 10.